The predicted molar refractivity (Wildman–Crippen MR) is 55.6 cm³/mol. The molecule has 0 unspecified atom stereocenters. The Kier molecular flexibility index (Phi) is 4.13. The Hall–Kier alpha value is -0.840. The van der Waals surface area contributed by atoms with Gasteiger partial charge in [-0.3, -0.25) is 4.79 Å². The maximum Gasteiger partial charge on any atom is 0.251 e. The molecule has 0 spiro atoms. The molecule has 0 aliphatic heterocycles. The van der Waals surface area contributed by atoms with Crippen LogP contribution in [0, 0.1) is 0 Å². The zero-order valence-electron chi connectivity index (χ0n) is 7.26. The van der Waals surface area contributed by atoms with Gasteiger partial charge in [0.15, 0.2) is 0 Å². The minimum atomic E-state index is -0.262. The van der Waals surface area contributed by atoms with Crippen LogP contribution in [0.4, 0.5) is 0 Å². The molecule has 0 saturated carbocycles. The van der Waals surface area contributed by atoms with Gasteiger partial charge in [-0.15, -0.1) is 0 Å². The van der Waals surface area contributed by atoms with Crippen LogP contribution < -0.4 is 11.1 Å². The van der Waals surface area contributed by atoms with E-state index in [0.717, 1.165) is 0 Å². The van der Waals surface area contributed by atoms with Gasteiger partial charge in [0.2, 0.25) is 0 Å². The maximum absolute atomic E-state index is 11.4. The van der Waals surface area contributed by atoms with Gasteiger partial charge in [0.25, 0.3) is 5.91 Å². The van der Waals surface area contributed by atoms with Crippen LogP contribution in [0.2, 0.25) is 10.3 Å². The predicted octanol–water partition coefficient (Wildman–Crippen LogP) is 1.08. The van der Waals surface area contributed by atoms with Crippen molar-refractivity contribution in [1.82, 2.24) is 10.3 Å². The fourth-order valence-corrected chi connectivity index (χ4v) is 1.34. The Labute approximate surface area is 91.4 Å². The minimum absolute atomic E-state index is 0.190. The van der Waals surface area contributed by atoms with E-state index in [1.807, 2.05) is 0 Å². The molecule has 14 heavy (non-hydrogen) atoms. The zero-order chi connectivity index (χ0) is 10.6. The molecule has 0 saturated heterocycles. The Morgan fingerprint density at radius 2 is 2.00 bits per heavy atom. The minimum Gasteiger partial charge on any atom is -0.351 e. The summed E-state index contributed by atoms with van der Waals surface area (Å²) in [5, 5.41) is 2.97. The molecule has 0 bridgehead atoms. The smallest absolute Gasteiger partial charge is 0.251 e. The van der Waals surface area contributed by atoms with Gasteiger partial charge in [-0.2, -0.15) is 0 Å². The summed E-state index contributed by atoms with van der Waals surface area (Å²) in [6.45, 7) is 0.800. The summed E-state index contributed by atoms with van der Waals surface area (Å²) in [4.78, 5) is 15.1. The largest absolute Gasteiger partial charge is 0.351 e. The Morgan fingerprint density at radius 3 is 2.50 bits per heavy atom. The van der Waals surface area contributed by atoms with Crippen molar-refractivity contribution in [3.8, 4) is 0 Å². The fourth-order valence-electron chi connectivity index (χ4n) is 0.884. The van der Waals surface area contributed by atoms with Gasteiger partial charge in [0.1, 0.15) is 10.3 Å². The third-order valence-corrected chi connectivity index (χ3v) is 1.84. The van der Waals surface area contributed by atoms with Crippen molar-refractivity contribution in [2.45, 2.75) is 0 Å². The zero-order valence-corrected chi connectivity index (χ0v) is 8.77. The molecule has 0 fully saturated rings. The summed E-state index contributed by atoms with van der Waals surface area (Å²) in [5.74, 6) is -0.262. The summed E-state index contributed by atoms with van der Waals surface area (Å²) >= 11 is 11.3. The molecular weight excluding hydrogens is 225 g/mol. The van der Waals surface area contributed by atoms with E-state index in [1.165, 1.54) is 12.1 Å². The van der Waals surface area contributed by atoms with Crippen molar-refractivity contribution in [3.63, 3.8) is 0 Å². The second-order valence-corrected chi connectivity index (χ2v) is 3.32. The van der Waals surface area contributed by atoms with Crippen LogP contribution in [-0.2, 0) is 0 Å². The molecule has 1 heterocycles. The molecule has 1 aromatic rings. The highest BCUT2D eigenvalue weighted by molar-refractivity contribution is 6.33. The molecule has 76 valence electrons. The molecule has 0 radical (unpaired) electrons. The monoisotopic (exact) mass is 233 g/mol. The molecule has 3 N–H and O–H groups in total. The molecule has 0 atom stereocenters. The van der Waals surface area contributed by atoms with Gasteiger partial charge in [-0.05, 0) is 12.1 Å². The molecule has 0 aliphatic rings. The number of aromatic nitrogens is 1. The van der Waals surface area contributed by atoms with Crippen molar-refractivity contribution >= 4 is 29.1 Å². The fraction of sp³-hybridized carbons (Fsp3) is 0.250. The Bertz CT molecular complexity index is 323. The third-order valence-electron chi connectivity index (χ3n) is 1.45. The quantitative estimate of drug-likeness (QED) is 0.769. The third kappa shape index (κ3) is 3.14. The summed E-state index contributed by atoms with van der Waals surface area (Å²) in [5.41, 5.74) is 5.61. The van der Waals surface area contributed by atoms with Crippen molar-refractivity contribution in [2.24, 2.45) is 5.73 Å². The molecule has 1 rings (SSSR count). The number of hydrogen-bond donors (Lipinski definition) is 2. The van der Waals surface area contributed by atoms with Crippen molar-refractivity contribution in [1.29, 1.82) is 0 Å². The molecule has 0 aromatic carbocycles. The number of carbonyl (C=O) groups excluding carboxylic acids is 1. The van der Waals surface area contributed by atoms with E-state index < -0.39 is 0 Å². The number of nitrogens with two attached hydrogens (primary N) is 1. The molecule has 0 aliphatic carbocycles. The lowest BCUT2D eigenvalue weighted by atomic mass is 10.2. The number of hydrogen-bond acceptors (Lipinski definition) is 3. The molecule has 4 nitrogen and oxygen atoms in total. The van der Waals surface area contributed by atoms with E-state index in [-0.39, 0.29) is 16.2 Å². The normalized spacial score (nSPS) is 9.93. The van der Waals surface area contributed by atoms with E-state index in [4.69, 9.17) is 28.9 Å². The van der Waals surface area contributed by atoms with Gasteiger partial charge in [-0.1, -0.05) is 23.2 Å². The summed E-state index contributed by atoms with van der Waals surface area (Å²) in [6, 6.07) is 2.89. The average molecular weight is 234 g/mol. The van der Waals surface area contributed by atoms with E-state index in [0.29, 0.717) is 18.7 Å². The summed E-state index contributed by atoms with van der Waals surface area (Å²) < 4.78 is 0. The first-order chi connectivity index (χ1) is 6.63. The van der Waals surface area contributed by atoms with Gasteiger partial charge in [0, 0.05) is 18.7 Å². The summed E-state index contributed by atoms with van der Waals surface area (Å²) in [7, 11) is 0. The van der Waals surface area contributed by atoms with Crippen LogP contribution in [0.25, 0.3) is 0 Å². The second kappa shape index (κ2) is 5.14. The van der Waals surface area contributed by atoms with Crippen LogP contribution in [0.1, 0.15) is 10.4 Å². The number of pyridine rings is 1. The van der Waals surface area contributed by atoms with E-state index in [1.54, 1.807) is 0 Å². The lowest BCUT2D eigenvalue weighted by molar-refractivity contribution is 0.0954. The topological polar surface area (TPSA) is 68.0 Å². The lowest BCUT2D eigenvalue weighted by Crippen LogP contribution is -2.29. The van der Waals surface area contributed by atoms with Gasteiger partial charge >= 0.3 is 0 Å². The SMILES string of the molecule is NCCNC(=O)c1cc(Cl)nc(Cl)c1. The standard InChI is InChI=1S/C8H9Cl2N3O/c9-6-3-5(4-7(10)13-6)8(14)12-2-1-11/h3-4H,1-2,11H2,(H,12,14). The number of rotatable bonds is 3. The number of nitrogens with one attached hydrogen (secondary N) is 1. The van der Waals surface area contributed by atoms with Crippen LogP contribution >= 0.6 is 23.2 Å². The molecule has 6 heteroatoms. The van der Waals surface area contributed by atoms with Gasteiger partial charge < -0.3 is 11.1 Å². The second-order valence-electron chi connectivity index (χ2n) is 2.55. The Morgan fingerprint density at radius 1 is 1.43 bits per heavy atom. The van der Waals surface area contributed by atoms with Crippen molar-refractivity contribution in [3.05, 3.63) is 28.0 Å². The molecule has 1 aromatic heterocycles. The van der Waals surface area contributed by atoms with Crippen LogP contribution in [-0.4, -0.2) is 24.0 Å². The van der Waals surface area contributed by atoms with Crippen molar-refractivity contribution in [2.75, 3.05) is 13.1 Å². The number of carbonyl (C=O) groups is 1. The van der Waals surface area contributed by atoms with E-state index in [2.05, 4.69) is 10.3 Å². The van der Waals surface area contributed by atoms with Gasteiger partial charge in [0.05, 0.1) is 0 Å². The maximum atomic E-state index is 11.4. The first-order valence-electron chi connectivity index (χ1n) is 3.95. The lowest BCUT2D eigenvalue weighted by Gasteiger charge is -2.03. The van der Waals surface area contributed by atoms with Crippen LogP contribution in [0.5, 0.6) is 0 Å². The van der Waals surface area contributed by atoms with E-state index in [9.17, 15) is 4.79 Å². The number of amides is 1. The first kappa shape index (κ1) is 11.2. The van der Waals surface area contributed by atoms with Crippen molar-refractivity contribution < 1.29 is 4.79 Å². The molecule has 1 amide bonds. The summed E-state index contributed by atoms with van der Waals surface area (Å²) in [6.07, 6.45) is 0. The number of halogens is 2. The average Bonchev–Trinajstić information content (AvgIpc) is 2.12. The van der Waals surface area contributed by atoms with Gasteiger partial charge in [-0.25, -0.2) is 4.98 Å². The highest BCUT2D eigenvalue weighted by Gasteiger charge is 2.07. The molecular formula is C8H9Cl2N3O. The first-order valence-corrected chi connectivity index (χ1v) is 4.70. The van der Waals surface area contributed by atoms with Crippen LogP contribution in [0.15, 0.2) is 12.1 Å². The number of nitrogens with zero attached hydrogens (tertiary/aromatic N) is 1. The highest BCUT2D eigenvalue weighted by Crippen LogP contribution is 2.14. The van der Waals surface area contributed by atoms with Crippen LogP contribution in [0.3, 0.4) is 0 Å². The Balaban J connectivity index is 2.79. The highest BCUT2D eigenvalue weighted by atomic mass is 35.5. The van der Waals surface area contributed by atoms with E-state index >= 15 is 0 Å².